The van der Waals surface area contributed by atoms with Crippen molar-refractivity contribution in [1.29, 1.82) is 0 Å². The van der Waals surface area contributed by atoms with Gasteiger partial charge >= 0.3 is 0 Å². The van der Waals surface area contributed by atoms with E-state index in [9.17, 15) is 14.7 Å². The molecule has 0 radical (unpaired) electrons. The Morgan fingerprint density at radius 2 is 1.85 bits per heavy atom. The Morgan fingerprint density at radius 3 is 2.46 bits per heavy atom. The summed E-state index contributed by atoms with van der Waals surface area (Å²) < 4.78 is 16.4. The van der Waals surface area contributed by atoms with E-state index in [-0.39, 0.29) is 11.5 Å². The molecule has 0 unspecified atom stereocenters. The smallest absolute Gasteiger partial charge is 0.235 e. The molecule has 0 bridgehead atoms. The molecular formula is C20H17O6-. The van der Waals surface area contributed by atoms with Gasteiger partial charge in [0.15, 0.2) is 5.76 Å². The number of hydrogen-bond donors (Lipinski definition) is 0. The fourth-order valence-corrected chi connectivity index (χ4v) is 2.55. The molecule has 6 nitrogen and oxygen atoms in total. The summed E-state index contributed by atoms with van der Waals surface area (Å²) in [5, 5.41) is 11.4. The average molecular weight is 353 g/mol. The predicted octanol–water partition coefficient (Wildman–Crippen LogP) is 2.29. The monoisotopic (exact) mass is 353 g/mol. The lowest BCUT2D eigenvalue weighted by molar-refractivity contribution is -0.312. The number of rotatable bonds is 5. The molecule has 0 spiro atoms. The first-order chi connectivity index (χ1) is 12.4. The van der Waals surface area contributed by atoms with Crippen molar-refractivity contribution in [2.75, 3.05) is 7.11 Å². The van der Waals surface area contributed by atoms with Crippen molar-refractivity contribution < 1.29 is 23.8 Å². The second-order valence-corrected chi connectivity index (χ2v) is 5.90. The van der Waals surface area contributed by atoms with E-state index < -0.39 is 17.5 Å². The lowest BCUT2D eigenvalue weighted by atomic mass is 10.1. The average Bonchev–Trinajstić information content (AvgIpc) is 2.63. The molecule has 3 rings (SSSR count). The standard InChI is InChI=1S/C20H18O6/c1-11-4-9-15-16(10-11)26-18(13-5-7-14(24-3)8-6-13)19(17(15)21)25-12(2)20(22)23/h4-10,12H,1-3H3,(H,22,23)/p-1/t12-/m0/s1. The van der Waals surface area contributed by atoms with Crippen LogP contribution in [-0.4, -0.2) is 19.2 Å². The summed E-state index contributed by atoms with van der Waals surface area (Å²) >= 11 is 0. The molecule has 2 aromatic carbocycles. The number of hydrogen-bond acceptors (Lipinski definition) is 6. The van der Waals surface area contributed by atoms with E-state index >= 15 is 0 Å². The molecule has 0 fully saturated rings. The molecule has 0 amide bonds. The maximum absolute atomic E-state index is 12.9. The van der Waals surface area contributed by atoms with Gasteiger partial charge in [-0.3, -0.25) is 4.79 Å². The van der Waals surface area contributed by atoms with Gasteiger partial charge in [-0.05, 0) is 55.8 Å². The molecule has 6 heteroatoms. The van der Waals surface area contributed by atoms with E-state index in [1.165, 1.54) is 6.92 Å². The van der Waals surface area contributed by atoms with Crippen molar-refractivity contribution in [3.8, 4) is 22.8 Å². The molecule has 0 aliphatic heterocycles. The SMILES string of the molecule is COc1ccc(-c2oc3cc(C)ccc3c(=O)c2O[C@@H](C)C(=O)[O-])cc1. The van der Waals surface area contributed by atoms with Gasteiger partial charge in [-0.25, -0.2) is 0 Å². The summed E-state index contributed by atoms with van der Waals surface area (Å²) in [5.74, 6) is -0.792. The first-order valence-electron chi connectivity index (χ1n) is 8.00. The first kappa shape index (κ1) is 17.5. The van der Waals surface area contributed by atoms with E-state index in [1.54, 1.807) is 49.6 Å². The number of carboxylic acid groups (broad SMARTS) is 1. The van der Waals surface area contributed by atoms with Crippen LogP contribution in [0.1, 0.15) is 12.5 Å². The van der Waals surface area contributed by atoms with Gasteiger partial charge in [-0.2, -0.15) is 0 Å². The number of aliphatic carboxylic acids is 1. The molecule has 1 heterocycles. The lowest BCUT2D eigenvalue weighted by Gasteiger charge is -2.17. The van der Waals surface area contributed by atoms with Gasteiger partial charge < -0.3 is 23.8 Å². The maximum Gasteiger partial charge on any atom is 0.235 e. The van der Waals surface area contributed by atoms with Crippen LogP contribution in [-0.2, 0) is 4.79 Å². The van der Waals surface area contributed by atoms with Crippen LogP contribution in [0, 0.1) is 6.92 Å². The molecule has 134 valence electrons. The topological polar surface area (TPSA) is 88.8 Å². The molecule has 0 N–H and O–H groups in total. The molecule has 26 heavy (non-hydrogen) atoms. The molecule has 1 atom stereocenters. The second-order valence-electron chi connectivity index (χ2n) is 5.90. The Bertz CT molecular complexity index is 1020. The number of ether oxygens (including phenoxy) is 2. The largest absolute Gasteiger partial charge is 0.546 e. The van der Waals surface area contributed by atoms with Gasteiger partial charge in [-0.1, -0.05) is 6.07 Å². The highest BCUT2D eigenvalue weighted by Gasteiger charge is 2.20. The Morgan fingerprint density at radius 1 is 1.15 bits per heavy atom. The van der Waals surface area contributed by atoms with E-state index in [0.29, 0.717) is 22.3 Å². The predicted molar refractivity (Wildman–Crippen MR) is 94.3 cm³/mol. The Balaban J connectivity index is 2.25. The van der Waals surface area contributed by atoms with Gasteiger partial charge in [0.05, 0.1) is 18.5 Å². The van der Waals surface area contributed by atoms with Gasteiger partial charge in [0.1, 0.15) is 17.4 Å². The lowest BCUT2D eigenvalue weighted by Crippen LogP contribution is -2.38. The van der Waals surface area contributed by atoms with Gasteiger partial charge in [0.25, 0.3) is 0 Å². The van der Waals surface area contributed by atoms with E-state index in [2.05, 4.69) is 0 Å². The van der Waals surface area contributed by atoms with Crippen molar-refractivity contribution in [3.05, 3.63) is 58.3 Å². The molecule has 3 aromatic rings. The summed E-state index contributed by atoms with van der Waals surface area (Å²) in [6.45, 7) is 3.18. The Labute approximate surface area is 149 Å². The summed E-state index contributed by atoms with van der Waals surface area (Å²) in [6.07, 6.45) is -1.31. The molecule has 0 aliphatic carbocycles. The molecule has 0 aliphatic rings. The third-order valence-electron chi connectivity index (χ3n) is 3.98. The minimum Gasteiger partial charge on any atom is -0.546 e. The Kier molecular flexibility index (Phi) is 4.67. The van der Waals surface area contributed by atoms with Crippen molar-refractivity contribution >= 4 is 16.9 Å². The van der Waals surface area contributed by atoms with Crippen LogP contribution in [0.5, 0.6) is 11.5 Å². The van der Waals surface area contributed by atoms with Crippen molar-refractivity contribution in [2.24, 2.45) is 0 Å². The number of fused-ring (bicyclic) bond motifs is 1. The fraction of sp³-hybridized carbons (Fsp3) is 0.200. The second kappa shape index (κ2) is 6.92. The maximum atomic E-state index is 12.9. The van der Waals surface area contributed by atoms with Crippen LogP contribution in [0.25, 0.3) is 22.3 Å². The zero-order valence-corrected chi connectivity index (χ0v) is 14.6. The van der Waals surface area contributed by atoms with E-state index in [1.807, 2.05) is 6.92 Å². The third-order valence-corrected chi connectivity index (χ3v) is 3.98. The fourth-order valence-electron chi connectivity index (χ4n) is 2.55. The third kappa shape index (κ3) is 3.26. The highest BCUT2D eigenvalue weighted by Crippen LogP contribution is 2.32. The van der Waals surface area contributed by atoms with Gasteiger partial charge in [0, 0.05) is 5.56 Å². The Hall–Kier alpha value is -3.28. The number of carbonyl (C=O) groups excluding carboxylic acids is 1. The highest BCUT2D eigenvalue weighted by molar-refractivity contribution is 5.83. The summed E-state index contributed by atoms with van der Waals surface area (Å²) in [5.41, 5.74) is 1.45. The zero-order chi connectivity index (χ0) is 18.8. The highest BCUT2D eigenvalue weighted by atomic mass is 16.5. The van der Waals surface area contributed by atoms with E-state index in [4.69, 9.17) is 13.9 Å². The number of carbonyl (C=O) groups is 1. The van der Waals surface area contributed by atoms with Gasteiger partial charge in [-0.15, -0.1) is 0 Å². The van der Waals surface area contributed by atoms with Gasteiger partial charge in [0.2, 0.25) is 11.2 Å². The molecule has 0 saturated carbocycles. The van der Waals surface area contributed by atoms with Crippen LogP contribution in [0.3, 0.4) is 0 Å². The van der Waals surface area contributed by atoms with Crippen LogP contribution < -0.4 is 20.0 Å². The first-order valence-corrected chi connectivity index (χ1v) is 8.00. The van der Waals surface area contributed by atoms with Crippen molar-refractivity contribution in [3.63, 3.8) is 0 Å². The molecular weight excluding hydrogens is 336 g/mol. The zero-order valence-electron chi connectivity index (χ0n) is 14.6. The van der Waals surface area contributed by atoms with Crippen LogP contribution in [0.15, 0.2) is 51.7 Å². The summed E-state index contributed by atoms with van der Waals surface area (Å²) in [6, 6.07) is 12.0. The number of carboxylic acids is 1. The quantitative estimate of drug-likeness (QED) is 0.699. The number of benzene rings is 2. The molecule has 1 aromatic heterocycles. The summed E-state index contributed by atoms with van der Waals surface area (Å²) in [4.78, 5) is 24.0. The molecule has 0 saturated heterocycles. The normalized spacial score (nSPS) is 12.0. The van der Waals surface area contributed by atoms with Crippen LogP contribution in [0.2, 0.25) is 0 Å². The minimum absolute atomic E-state index is 0.156. The number of methoxy groups -OCH3 is 1. The number of aryl methyl sites for hydroxylation is 1. The van der Waals surface area contributed by atoms with Crippen molar-refractivity contribution in [1.82, 2.24) is 0 Å². The van der Waals surface area contributed by atoms with Crippen molar-refractivity contribution in [2.45, 2.75) is 20.0 Å². The minimum atomic E-state index is -1.42. The van der Waals surface area contributed by atoms with Crippen LogP contribution >= 0.6 is 0 Å². The van der Waals surface area contributed by atoms with Crippen LogP contribution in [0.4, 0.5) is 0 Å². The summed E-state index contributed by atoms with van der Waals surface area (Å²) in [7, 11) is 1.55. The van der Waals surface area contributed by atoms with E-state index in [0.717, 1.165) is 5.56 Å².